The van der Waals surface area contributed by atoms with E-state index >= 15 is 0 Å². The van der Waals surface area contributed by atoms with Gasteiger partial charge in [-0.25, -0.2) is 0 Å². The van der Waals surface area contributed by atoms with Crippen LogP contribution in [-0.4, -0.2) is 47.7 Å². The molecule has 0 spiro atoms. The second kappa shape index (κ2) is 9.28. The fourth-order valence-corrected chi connectivity index (χ4v) is 3.84. The van der Waals surface area contributed by atoms with E-state index in [2.05, 4.69) is 32.7 Å². The number of benzene rings is 2. The number of nitrogens with one attached hydrogen (secondary N) is 2. The number of carbonyl (C=O) groups excluding carboxylic acids is 1. The Hall–Kier alpha value is -3.23. The van der Waals surface area contributed by atoms with Gasteiger partial charge in [-0.1, -0.05) is 17.3 Å². The second-order valence-corrected chi connectivity index (χ2v) is 7.83. The molecule has 2 heterocycles. The molecule has 162 valence electrons. The van der Waals surface area contributed by atoms with Gasteiger partial charge in [-0.15, -0.1) is 0 Å². The van der Waals surface area contributed by atoms with Gasteiger partial charge in [0, 0.05) is 37.3 Å². The van der Waals surface area contributed by atoms with E-state index in [1.165, 1.54) is 12.5 Å². The van der Waals surface area contributed by atoms with Crippen LogP contribution in [0.2, 0.25) is 0 Å². The molecule has 0 unspecified atom stereocenters. The summed E-state index contributed by atoms with van der Waals surface area (Å²) < 4.78 is 10.8. The van der Waals surface area contributed by atoms with Crippen molar-refractivity contribution in [2.24, 2.45) is 0 Å². The molecule has 1 aliphatic rings. The molecule has 0 aliphatic carbocycles. The largest absolute Gasteiger partial charge is 0.497 e. The molecule has 1 amide bonds. The van der Waals surface area contributed by atoms with Gasteiger partial charge < -0.3 is 19.9 Å². The highest BCUT2D eigenvalue weighted by Gasteiger charge is 2.34. The third-order valence-electron chi connectivity index (χ3n) is 5.49. The van der Waals surface area contributed by atoms with Crippen molar-refractivity contribution in [2.75, 3.05) is 26.0 Å². The van der Waals surface area contributed by atoms with Crippen molar-refractivity contribution in [1.82, 2.24) is 20.4 Å². The lowest BCUT2D eigenvalue weighted by Crippen LogP contribution is -2.30. The number of likely N-dealkylation sites (tertiary alicyclic amines) is 1. The van der Waals surface area contributed by atoms with E-state index in [0.717, 1.165) is 36.5 Å². The first-order valence-electron chi connectivity index (χ1n) is 10.3. The zero-order valence-electron chi connectivity index (χ0n) is 18.0. The van der Waals surface area contributed by atoms with Crippen LogP contribution in [0.4, 0.5) is 5.69 Å². The van der Waals surface area contributed by atoms with Gasteiger partial charge in [0.2, 0.25) is 17.6 Å². The van der Waals surface area contributed by atoms with Gasteiger partial charge in [0.15, 0.2) is 0 Å². The molecule has 31 heavy (non-hydrogen) atoms. The second-order valence-electron chi connectivity index (χ2n) is 7.83. The normalized spacial score (nSPS) is 18.8. The third kappa shape index (κ3) is 5.10. The summed E-state index contributed by atoms with van der Waals surface area (Å²) in [4.78, 5) is 18.0. The predicted molar refractivity (Wildman–Crippen MR) is 118 cm³/mol. The zero-order chi connectivity index (χ0) is 21.8. The summed E-state index contributed by atoms with van der Waals surface area (Å²) in [5.41, 5.74) is 2.87. The Balaban J connectivity index is 1.34. The molecule has 1 aliphatic heterocycles. The molecule has 2 atom stereocenters. The molecular weight excluding hydrogens is 394 g/mol. The Morgan fingerprint density at radius 3 is 2.61 bits per heavy atom. The van der Waals surface area contributed by atoms with Gasteiger partial charge in [-0.05, 0) is 55.4 Å². The van der Waals surface area contributed by atoms with Crippen LogP contribution < -0.4 is 15.4 Å². The van der Waals surface area contributed by atoms with E-state index < -0.39 is 0 Å². The molecule has 1 saturated heterocycles. The molecule has 2 aromatic carbocycles. The number of nitrogens with zero attached hydrogens (tertiary/aromatic N) is 3. The van der Waals surface area contributed by atoms with Crippen LogP contribution in [0.15, 0.2) is 53.1 Å². The highest BCUT2D eigenvalue weighted by Crippen LogP contribution is 2.31. The maximum absolute atomic E-state index is 11.1. The molecular formula is C23H27N5O3. The summed E-state index contributed by atoms with van der Waals surface area (Å²) in [6, 6.07) is 15.9. The first-order valence-corrected chi connectivity index (χ1v) is 10.3. The minimum absolute atomic E-state index is 0.0675. The molecule has 8 heteroatoms. The molecule has 3 aromatic rings. The average Bonchev–Trinajstić information content (AvgIpc) is 3.39. The summed E-state index contributed by atoms with van der Waals surface area (Å²) in [5.74, 6) is 1.95. The standard InChI is InChI=1S/C23H27N5O3/c1-15(29)25-18-8-4-16(5-9-18)13-24-19-12-21(28(2)14-19)23-26-22(27-31-23)17-6-10-20(30-3)11-7-17/h4-11,19,21,24H,12-14H2,1-3H3,(H,25,29)/t19-,21-/m0/s1. The first-order chi connectivity index (χ1) is 15.0. The monoisotopic (exact) mass is 421 g/mol. The SMILES string of the molecule is COc1ccc(-c2noc([C@@H]3C[C@H](NCc4ccc(NC(C)=O)cc4)CN3C)n2)cc1. The number of carbonyl (C=O) groups is 1. The molecule has 8 nitrogen and oxygen atoms in total. The van der Waals surface area contributed by atoms with Gasteiger partial charge in [0.05, 0.1) is 13.2 Å². The van der Waals surface area contributed by atoms with E-state index in [1.54, 1.807) is 7.11 Å². The number of ether oxygens (including phenoxy) is 1. The molecule has 2 N–H and O–H groups in total. The first kappa shape index (κ1) is 21.0. The third-order valence-corrected chi connectivity index (χ3v) is 5.49. The number of hydrogen-bond acceptors (Lipinski definition) is 7. The minimum atomic E-state index is -0.0675. The summed E-state index contributed by atoms with van der Waals surface area (Å²) in [7, 11) is 3.72. The quantitative estimate of drug-likeness (QED) is 0.605. The van der Waals surface area contributed by atoms with Crippen LogP contribution in [0, 0.1) is 0 Å². The van der Waals surface area contributed by atoms with Crippen molar-refractivity contribution < 1.29 is 14.1 Å². The fourth-order valence-electron chi connectivity index (χ4n) is 3.84. The van der Waals surface area contributed by atoms with Gasteiger partial charge in [0.1, 0.15) is 5.75 Å². The number of likely N-dealkylation sites (N-methyl/N-ethyl adjacent to an activating group) is 1. The van der Waals surface area contributed by atoms with E-state index in [4.69, 9.17) is 9.26 Å². The summed E-state index contributed by atoms with van der Waals surface area (Å²) in [5, 5.41) is 10.6. The van der Waals surface area contributed by atoms with Crippen LogP contribution in [0.3, 0.4) is 0 Å². The van der Waals surface area contributed by atoms with Crippen LogP contribution in [0.5, 0.6) is 5.75 Å². The number of aromatic nitrogens is 2. The molecule has 0 bridgehead atoms. The van der Waals surface area contributed by atoms with E-state index in [0.29, 0.717) is 17.8 Å². The number of hydrogen-bond donors (Lipinski definition) is 2. The minimum Gasteiger partial charge on any atom is -0.497 e. The smallest absolute Gasteiger partial charge is 0.244 e. The maximum atomic E-state index is 11.1. The number of rotatable bonds is 7. The highest BCUT2D eigenvalue weighted by atomic mass is 16.5. The summed E-state index contributed by atoms with van der Waals surface area (Å²) in [6.45, 7) is 3.16. The average molecular weight is 422 g/mol. The van der Waals surface area contributed by atoms with E-state index in [1.807, 2.05) is 48.5 Å². The van der Waals surface area contributed by atoms with Crippen LogP contribution in [0.1, 0.15) is 30.8 Å². The number of anilines is 1. The molecule has 1 aromatic heterocycles. The van der Waals surface area contributed by atoms with Crippen molar-refractivity contribution >= 4 is 11.6 Å². The summed E-state index contributed by atoms with van der Waals surface area (Å²) >= 11 is 0. The topological polar surface area (TPSA) is 92.5 Å². The highest BCUT2D eigenvalue weighted by molar-refractivity contribution is 5.88. The number of methoxy groups -OCH3 is 1. The summed E-state index contributed by atoms with van der Waals surface area (Å²) in [6.07, 6.45) is 0.894. The van der Waals surface area contributed by atoms with Crippen LogP contribution >= 0.6 is 0 Å². The molecule has 1 fully saturated rings. The van der Waals surface area contributed by atoms with Crippen molar-refractivity contribution in [3.05, 3.63) is 60.0 Å². The van der Waals surface area contributed by atoms with Gasteiger partial charge in [-0.2, -0.15) is 4.98 Å². The van der Waals surface area contributed by atoms with Crippen LogP contribution in [-0.2, 0) is 11.3 Å². The molecule has 0 saturated carbocycles. The lowest BCUT2D eigenvalue weighted by Gasteiger charge is -2.14. The zero-order valence-corrected chi connectivity index (χ0v) is 18.0. The van der Waals surface area contributed by atoms with Crippen molar-refractivity contribution in [3.63, 3.8) is 0 Å². The molecule has 0 radical (unpaired) electrons. The molecule has 4 rings (SSSR count). The van der Waals surface area contributed by atoms with E-state index in [9.17, 15) is 4.79 Å². The Morgan fingerprint density at radius 2 is 1.94 bits per heavy atom. The Labute approximate surface area is 181 Å². The number of amides is 1. The predicted octanol–water partition coefficient (Wildman–Crippen LogP) is 3.24. The maximum Gasteiger partial charge on any atom is 0.244 e. The van der Waals surface area contributed by atoms with Crippen molar-refractivity contribution in [1.29, 1.82) is 0 Å². The van der Waals surface area contributed by atoms with Gasteiger partial charge >= 0.3 is 0 Å². The Kier molecular flexibility index (Phi) is 6.29. The van der Waals surface area contributed by atoms with Gasteiger partial charge in [0.25, 0.3) is 0 Å². The lowest BCUT2D eigenvalue weighted by atomic mass is 10.1. The van der Waals surface area contributed by atoms with Gasteiger partial charge in [-0.3, -0.25) is 9.69 Å². The Morgan fingerprint density at radius 1 is 1.19 bits per heavy atom. The lowest BCUT2D eigenvalue weighted by molar-refractivity contribution is -0.114. The van der Waals surface area contributed by atoms with E-state index in [-0.39, 0.29) is 11.9 Å². The fraction of sp³-hybridized carbons (Fsp3) is 0.348. The van der Waals surface area contributed by atoms with Crippen LogP contribution in [0.25, 0.3) is 11.4 Å². The van der Waals surface area contributed by atoms with Crippen molar-refractivity contribution in [2.45, 2.75) is 32.0 Å². The Bertz CT molecular complexity index is 1020. The van der Waals surface area contributed by atoms with Crippen molar-refractivity contribution in [3.8, 4) is 17.1 Å².